The SMILES string of the molecule is CN[C@@H](CC(C)C)C(=O)N[C@H]1C(=O)N[C@@H](CC(N)=O)C(=O)N[C@H]2C(=O)N[C@H]3C(=O)N[C@@H](Cc4ccc(c(Cl)c4)Oc4cc2cc(c4OC)Oc2ccc(cc2Cl)[C@H]1O)C(=O)NC(B(O)O)c1cc(OC)cc(OC)c1-c1cc3ccc1OC. The van der Waals surface area contributed by atoms with E-state index in [1.165, 1.54) is 108 Å². The Bertz CT molecular complexity index is 3370. The summed E-state index contributed by atoms with van der Waals surface area (Å²) in [6.07, 6.45) is -2.76. The standard InChI is InChI=1S/C56H61BCl2N8O16/c1-24(2)14-34(61-3)51(70)66-47-48(69)27-10-13-39(33(59)18-27)83-42-20-28-19-41(49(42)81-7)82-38-11-8-25(15-32(38)58)16-35-53(72)67-50(57(76)77)31-21-29(78-4)22-40(80-6)44(31)30-17-26(9-12-37(30)79-5)45(54(73)62-35)65-55(74)46(28)64-52(71)36(23-43(60)68)63-56(47)75/h8-13,15,17-22,24,34-36,45-48,50,61,69,76-77H,14,16,23H2,1-7H3,(H2,60,68)(H,62,73)(H,63,75)(H,64,71)(H,65,74)(H,66,70)(H,67,72)/t34-,35-,36-,45+,46+,47+,48+,50?/m0/s1. The second-order valence-corrected chi connectivity index (χ2v) is 21.0. The van der Waals surface area contributed by atoms with E-state index in [0.717, 1.165) is 0 Å². The maximum Gasteiger partial charge on any atom is 0.480 e. The van der Waals surface area contributed by atoms with Crippen LogP contribution in [0.25, 0.3) is 11.1 Å². The summed E-state index contributed by atoms with van der Waals surface area (Å²) in [6, 6.07) is 8.38. The van der Waals surface area contributed by atoms with Gasteiger partial charge in [0.2, 0.25) is 47.1 Å². The molecule has 5 aromatic carbocycles. The highest BCUT2D eigenvalue weighted by Crippen LogP contribution is 2.48. The Morgan fingerprint density at radius 2 is 1.33 bits per heavy atom. The van der Waals surface area contributed by atoms with Gasteiger partial charge in [-0.25, -0.2) is 0 Å². The summed E-state index contributed by atoms with van der Waals surface area (Å²) in [4.78, 5) is 102. The van der Waals surface area contributed by atoms with E-state index in [4.69, 9.17) is 57.4 Å². The smallest absolute Gasteiger partial charge is 0.480 e. The van der Waals surface area contributed by atoms with E-state index in [-0.39, 0.29) is 102 Å². The van der Waals surface area contributed by atoms with Crippen LogP contribution in [-0.4, -0.2) is 123 Å². The third-order valence-electron chi connectivity index (χ3n) is 14.1. The highest BCUT2D eigenvalue weighted by molar-refractivity contribution is 6.44. The van der Waals surface area contributed by atoms with Gasteiger partial charge in [-0.3, -0.25) is 33.6 Å². The van der Waals surface area contributed by atoms with E-state index < -0.39 is 103 Å². The first-order valence-corrected chi connectivity index (χ1v) is 26.7. The Kier molecular flexibility index (Phi) is 18.9. The Labute approximate surface area is 486 Å². The van der Waals surface area contributed by atoms with Crippen molar-refractivity contribution in [3.05, 3.63) is 117 Å². The Morgan fingerprint density at radius 1 is 0.699 bits per heavy atom. The van der Waals surface area contributed by atoms with Gasteiger partial charge in [0, 0.05) is 23.6 Å². The summed E-state index contributed by atoms with van der Waals surface area (Å²) in [5, 5.41) is 52.5. The molecule has 24 nitrogen and oxygen atoms in total. The van der Waals surface area contributed by atoms with Crippen molar-refractivity contribution in [1.29, 1.82) is 0 Å². The van der Waals surface area contributed by atoms with Crippen LogP contribution in [0.15, 0.2) is 78.9 Å². The highest BCUT2D eigenvalue weighted by atomic mass is 35.5. The average Bonchev–Trinajstić information content (AvgIpc) is 3.65. The number of aliphatic hydroxyl groups excluding tert-OH is 1. The second-order valence-electron chi connectivity index (χ2n) is 20.1. The number of carbonyl (C=O) groups is 7. The number of hydrogen-bond acceptors (Lipinski definition) is 17. The zero-order valence-electron chi connectivity index (χ0n) is 45.9. The molecule has 10 rings (SSSR count). The number of carbonyl (C=O) groups excluding carboxylic acids is 7. The maximum atomic E-state index is 15.6. The van der Waals surface area contributed by atoms with Gasteiger partial charge in [0.25, 0.3) is 0 Å². The predicted molar refractivity (Wildman–Crippen MR) is 301 cm³/mol. The fraction of sp³-hybridized carbons (Fsp3) is 0.339. The molecule has 0 fully saturated rings. The number of ether oxygens (including phenoxy) is 6. The number of rotatable bonds is 12. The number of fused-ring (bicyclic) bond motifs is 15. The van der Waals surface area contributed by atoms with Crippen LogP contribution >= 0.6 is 23.2 Å². The molecule has 0 saturated heterocycles. The number of aliphatic hydroxyl groups is 1. The van der Waals surface area contributed by atoms with Crippen LogP contribution in [0, 0.1) is 5.92 Å². The predicted octanol–water partition coefficient (Wildman–Crippen LogP) is 3.04. The summed E-state index contributed by atoms with van der Waals surface area (Å²) in [5.74, 6) is -9.07. The second kappa shape index (κ2) is 25.9. The molecule has 83 heavy (non-hydrogen) atoms. The van der Waals surface area contributed by atoms with Crippen LogP contribution in [0.2, 0.25) is 10.0 Å². The summed E-state index contributed by atoms with van der Waals surface area (Å²) in [5.41, 5.74) is 6.32. The largest absolute Gasteiger partial charge is 0.497 e. The fourth-order valence-corrected chi connectivity index (χ4v) is 10.5. The quantitative estimate of drug-likeness (QED) is 0.0800. The highest BCUT2D eigenvalue weighted by Gasteiger charge is 2.41. The minimum absolute atomic E-state index is 0.000116. The molecule has 12 N–H and O–H groups in total. The van der Waals surface area contributed by atoms with Gasteiger partial charge in [-0.05, 0) is 102 Å². The fourth-order valence-electron chi connectivity index (χ4n) is 9.98. The molecule has 0 radical (unpaired) electrons. The van der Waals surface area contributed by atoms with Gasteiger partial charge in [0.05, 0.1) is 56.9 Å². The van der Waals surface area contributed by atoms with E-state index >= 15 is 9.59 Å². The van der Waals surface area contributed by atoms with Gasteiger partial charge >= 0.3 is 7.12 Å². The van der Waals surface area contributed by atoms with Crippen LogP contribution in [0.4, 0.5) is 0 Å². The molecule has 0 aromatic heterocycles. The van der Waals surface area contributed by atoms with Crippen molar-refractivity contribution in [1.82, 2.24) is 37.2 Å². The molecule has 5 heterocycles. The topological polar surface area (TPSA) is 346 Å². The molecular formula is C56H61BCl2N8O16. The van der Waals surface area contributed by atoms with E-state index in [9.17, 15) is 39.1 Å². The molecular weight excluding hydrogens is 1120 g/mol. The first kappa shape index (κ1) is 60.8. The minimum Gasteiger partial charge on any atom is -0.497 e. The van der Waals surface area contributed by atoms with E-state index in [1.807, 2.05) is 13.8 Å². The van der Waals surface area contributed by atoms with Crippen LogP contribution in [0.3, 0.4) is 0 Å². The normalized spacial score (nSPS) is 21.0. The number of nitrogens with one attached hydrogen (secondary N) is 7. The van der Waals surface area contributed by atoms with Gasteiger partial charge in [-0.2, -0.15) is 0 Å². The molecule has 0 aliphatic carbocycles. The van der Waals surface area contributed by atoms with Crippen LogP contribution < -0.4 is 71.4 Å². The Balaban J connectivity index is 1.38. The number of primary amides is 1. The lowest BCUT2D eigenvalue weighted by Gasteiger charge is -2.31. The average molecular weight is 1180 g/mol. The van der Waals surface area contributed by atoms with E-state index in [2.05, 4.69) is 37.2 Å². The summed E-state index contributed by atoms with van der Waals surface area (Å²) in [7, 11) is 4.61. The maximum absolute atomic E-state index is 15.6. The number of likely N-dealkylation sites (N-methyl/N-ethyl adjacent to an activating group) is 1. The summed E-state index contributed by atoms with van der Waals surface area (Å²) in [6.45, 7) is 3.75. The first-order chi connectivity index (χ1) is 39.6. The van der Waals surface area contributed by atoms with Crippen molar-refractivity contribution < 1.29 is 77.1 Å². The Hall–Kier alpha value is -8.33. The molecule has 0 saturated carbocycles. The first-order valence-electron chi connectivity index (χ1n) is 26.0. The molecule has 438 valence electrons. The van der Waals surface area contributed by atoms with Crippen molar-refractivity contribution in [2.24, 2.45) is 11.7 Å². The Morgan fingerprint density at radius 3 is 1.92 bits per heavy atom. The molecule has 5 aliphatic rings. The lowest BCUT2D eigenvalue weighted by atomic mass is 9.72. The van der Waals surface area contributed by atoms with Crippen molar-refractivity contribution in [2.75, 3.05) is 35.5 Å². The van der Waals surface area contributed by atoms with Crippen molar-refractivity contribution in [3.63, 3.8) is 0 Å². The summed E-state index contributed by atoms with van der Waals surface area (Å²) >= 11 is 13.8. The van der Waals surface area contributed by atoms with Gasteiger partial charge in [0.15, 0.2) is 11.5 Å². The molecule has 5 aromatic rings. The number of hydrogen-bond donors (Lipinski definition) is 11. The van der Waals surface area contributed by atoms with Gasteiger partial charge in [0.1, 0.15) is 65.1 Å². The number of benzene rings is 5. The molecule has 7 amide bonds. The molecule has 5 aliphatic heterocycles. The van der Waals surface area contributed by atoms with Crippen molar-refractivity contribution >= 4 is 71.7 Å². The third-order valence-corrected chi connectivity index (χ3v) is 14.7. The van der Waals surface area contributed by atoms with Gasteiger partial charge in [-0.15, -0.1) is 0 Å². The van der Waals surface area contributed by atoms with Crippen LogP contribution in [0.5, 0.6) is 46.0 Å². The third kappa shape index (κ3) is 13.3. The number of methoxy groups -OCH3 is 4. The van der Waals surface area contributed by atoms with Crippen LogP contribution in [-0.2, 0) is 40.0 Å². The molecule has 0 spiro atoms. The van der Waals surface area contributed by atoms with Crippen LogP contribution in [0.1, 0.15) is 78.6 Å². The van der Waals surface area contributed by atoms with Crippen molar-refractivity contribution in [3.8, 4) is 57.1 Å². The molecule has 1 unspecified atom stereocenters. The monoisotopic (exact) mass is 1180 g/mol. The van der Waals surface area contributed by atoms with E-state index in [1.54, 1.807) is 6.07 Å². The van der Waals surface area contributed by atoms with Gasteiger partial charge in [-0.1, -0.05) is 55.2 Å². The summed E-state index contributed by atoms with van der Waals surface area (Å²) < 4.78 is 36.0. The number of amides is 7. The van der Waals surface area contributed by atoms with Crippen molar-refractivity contribution in [2.45, 2.75) is 81.4 Å². The number of nitrogens with two attached hydrogens (primary N) is 1. The molecule has 27 heteroatoms. The molecule has 8 atom stereocenters. The lowest BCUT2D eigenvalue weighted by Crippen LogP contribution is -2.59. The van der Waals surface area contributed by atoms with E-state index in [0.29, 0.717) is 12.0 Å². The zero-order valence-corrected chi connectivity index (χ0v) is 47.4. The lowest BCUT2D eigenvalue weighted by molar-refractivity contribution is -0.137. The molecule has 11 bridgehead atoms. The number of halogens is 2. The zero-order chi connectivity index (χ0) is 60.1. The van der Waals surface area contributed by atoms with Gasteiger partial charge < -0.3 is 86.5 Å². The minimum atomic E-state index is -2.27.